The van der Waals surface area contributed by atoms with Gasteiger partial charge in [0.1, 0.15) is 5.75 Å². The summed E-state index contributed by atoms with van der Waals surface area (Å²) >= 11 is 5.93. The molecule has 1 aromatic carbocycles. The van der Waals surface area contributed by atoms with Crippen LogP contribution >= 0.6 is 11.6 Å². The van der Waals surface area contributed by atoms with Crippen LogP contribution in [0.4, 0.5) is 5.69 Å². The van der Waals surface area contributed by atoms with Crippen LogP contribution in [0.25, 0.3) is 0 Å². The second-order valence-electron chi connectivity index (χ2n) is 5.29. The van der Waals surface area contributed by atoms with Crippen molar-refractivity contribution in [3.63, 3.8) is 0 Å². The largest absolute Gasteiger partial charge is 0.495 e. The Bertz CT molecular complexity index is 663. The highest BCUT2D eigenvalue weighted by Crippen LogP contribution is 2.29. The Hall–Kier alpha value is -1.31. The number of ether oxygens (including phenoxy) is 1. The molecule has 1 heterocycles. The highest BCUT2D eigenvalue weighted by molar-refractivity contribution is 7.88. The highest BCUT2D eigenvalue weighted by Gasteiger charge is 2.30. The second kappa shape index (κ2) is 6.85. The number of rotatable bonds is 4. The van der Waals surface area contributed by atoms with Gasteiger partial charge in [0.25, 0.3) is 0 Å². The zero-order valence-corrected chi connectivity index (χ0v) is 14.1. The minimum absolute atomic E-state index is 0.202. The molecule has 1 atom stereocenters. The third-order valence-electron chi connectivity index (χ3n) is 3.64. The van der Waals surface area contributed by atoms with Crippen LogP contribution in [0.1, 0.15) is 12.8 Å². The van der Waals surface area contributed by atoms with E-state index in [2.05, 4.69) is 5.32 Å². The quantitative estimate of drug-likeness (QED) is 0.904. The van der Waals surface area contributed by atoms with Crippen LogP contribution in [-0.2, 0) is 14.8 Å². The van der Waals surface area contributed by atoms with E-state index in [1.165, 1.54) is 11.4 Å². The first-order valence-corrected chi connectivity index (χ1v) is 9.13. The Balaban J connectivity index is 2.11. The lowest BCUT2D eigenvalue weighted by atomic mass is 9.98. The zero-order chi connectivity index (χ0) is 16.3. The number of carbonyl (C=O) groups is 1. The van der Waals surface area contributed by atoms with Gasteiger partial charge in [-0.1, -0.05) is 11.6 Å². The lowest BCUT2D eigenvalue weighted by Gasteiger charge is -2.30. The summed E-state index contributed by atoms with van der Waals surface area (Å²) in [6, 6.07) is 4.94. The molecule has 1 saturated heterocycles. The van der Waals surface area contributed by atoms with Crippen molar-refractivity contribution in [1.29, 1.82) is 0 Å². The number of anilines is 1. The average molecular weight is 347 g/mol. The molecule has 6 nitrogen and oxygen atoms in total. The van der Waals surface area contributed by atoms with Crippen LogP contribution in [0.5, 0.6) is 5.75 Å². The normalized spacial score (nSPS) is 19.7. The van der Waals surface area contributed by atoms with Crippen LogP contribution in [-0.4, -0.2) is 45.1 Å². The third-order valence-corrected chi connectivity index (χ3v) is 5.15. The smallest absolute Gasteiger partial charge is 0.228 e. The summed E-state index contributed by atoms with van der Waals surface area (Å²) < 4.78 is 29.8. The molecular formula is C14H19ClN2O4S. The van der Waals surface area contributed by atoms with Crippen LogP contribution in [0.3, 0.4) is 0 Å². The summed E-state index contributed by atoms with van der Waals surface area (Å²) in [6.07, 6.45) is 2.48. The van der Waals surface area contributed by atoms with Gasteiger partial charge in [-0.25, -0.2) is 12.7 Å². The van der Waals surface area contributed by atoms with Gasteiger partial charge in [0, 0.05) is 18.1 Å². The molecule has 0 aromatic heterocycles. The molecule has 0 saturated carbocycles. The van der Waals surface area contributed by atoms with Crippen molar-refractivity contribution in [1.82, 2.24) is 4.31 Å². The third kappa shape index (κ3) is 4.12. The van der Waals surface area contributed by atoms with Gasteiger partial charge in [-0.3, -0.25) is 4.79 Å². The van der Waals surface area contributed by atoms with Gasteiger partial charge >= 0.3 is 0 Å². The minimum Gasteiger partial charge on any atom is -0.495 e. The molecule has 8 heteroatoms. The maximum absolute atomic E-state index is 12.4. The highest BCUT2D eigenvalue weighted by atomic mass is 35.5. The van der Waals surface area contributed by atoms with E-state index in [0.717, 1.165) is 6.26 Å². The first-order chi connectivity index (χ1) is 10.3. The zero-order valence-electron chi connectivity index (χ0n) is 12.5. The number of nitrogens with zero attached hydrogens (tertiary/aromatic N) is 1. The molecule has 122 valence electrons. The van der Waals surface area contributed by atoms with Crippen molar-refractivity contribution in [2.75, 3.05) is 31.8 Å². The van der Waals surface area contributed by atoms with Crippen molar-refractivity contribution < 1.29 is 17.9 Å². The summed E-state index contributed by atoms with van der Waals surface area (Å²) in [4.78, 5) is 12.4. The maximum atomic E-state index is 12.4. The van der Waals surface area contributed by atoms with E-state index in [1.54, 1.807) is 18.2 Å². The van der Waals surface area contributed by atoms with Gasteiger partial charge in [0.05, 0.1) is 25.0 Å². The van der Waals surface area contributed by atoms with Gasteiger partial charge in [0.2, 0.25) is 15.9 Å². The molecule has 22 heavy (non-hydrogen) atoms. The standard InChI is InChI=1S/C14H19ClN2O4S/c1-21-13-6-5-11(15)8-12(13)16-14(18)10-4-3-7-17(9-10)22(2,19)20/h5-6,8,10H,3-4,7,9H2,1-2H3,(H,16,18)/t10-/m0/s1. The van der Waals surface area contributed by atoms with Crippen molar-refractivity contribution in [3.8, 4) is 5.75 Å². The first-order valence-electron chi connectivity index (χ1n) is 6.91. The minimum atomic E-state index is -3.28. The Morgan fingerprint density at radius 1 is 1.45 bits per heavy atom. The van der Waals surface area contributed by atoms with Crippen molar-refractivity contribution >= 4 is 33.2 Å². The predicted molar refractivity (Wildman–Crippen MR) is 85.8 cm³/mol. The van der Waals surface area contributed by atoms with Crippen molar-refractivity contribution in [2.45, 2.75) is 12.8 Å². The Labute approximate surface area is 135 Å². The fourth-order valence-electron chi connectivity index (χ4n) is 2.47. The molecule has 0 spiro atoms. The summed E-state index contributed by atoms with van der Waals surface area (Å²) in [6.45, 7) is 0.663. The van der Waals surface area contributed by atoms with Gasteiger partial charge in [-0.15, -0.1) is 0 Å². The van der Waals surface area contributed by atoms with Crippen molar-refractivity contribution in [2.24, 2.45) is 5.92 Å². The number of hydrogen-bond acceptors (Lipinski definition) is 4. The van der Waals surface area contributed by atoms with Crippen LogP contribution in [0, 0.1) is 5.92 Å². The predicted octanol–water partition coefficient (Wildman–Crippen LogP) is 1.96. The number of sulfonamides is 1. The molecule has 1 N–H and O–H groups in total. The summed E-state index contributed by atoms with van der Waals surface area (Å²) in [5.41, 5.74) is 0.483. The molecule has 1 fully saturated rings. The molecule has 0 unspecified atom stereocenters. The monoisotopic (exact) mass is 346 g/mol. The van der Waals surface area contributed by atoms with E-state index in [1.807, 2.05) is 0 Å². The lowest BCUT2D eigenvalue weighted by molar-refractivity contribution is -0.120. The van der Waals surface area contributed by atoms with E-state index >= 15 is 0 Å². The molecule has 0 radical (unpaired) electrons. The Kier molecular flexibility index (Phi) is 5.31. The van der Waals surface area contributed by atoms with Crippen molar-refractivity contribution in [3.05, 3.63) is 23.2 Å². The fraction of sp³-hybridized carbons (Fsp3) is 0.500. The number of benzene rings is 1. The number of nitrogens with one attached hydrogen (secondary N) is 1. The average Bonchev–Trinajstić information content (AvgIpc) is 2.47. The molecule has 1 aliphatic rings. The van der Waals surface area contributed by atoms with Gasteiger partial charge in [0.15, 0.2) is 0 Å². The molecule has 0 aliphatic carbocycles. The SMILES string of the molecule is COc1ccc(Cl)cc1NC(=O)[C@H]1CCCN(S(C)(=O)=O)C1. The topological polar surface area (TPSA) is 75.7 Å². The fourth-order valence-corrected chi connectivity index (χ4v) is 3.55. The van der Waals surface area contributed by atoms with E-state index in [0.29, 0.717) is 35.8 Å². The summed E-state index contributed by atoms with van der Waals surface area (Å²) in [5.74, 6) is -0.102. The van der Waals surface area contributed by atoms with E-state index in [-0.39, 0.29) is 18.4 Å². The first kappa shape index (κ1) is 17.1. The molecule has 2 rings (SSSR count). The van der Waals surface area contributed by atoms with Gasteiger partial charge < -0.3 is 10.1 Å². The summed E-state index contributed by atoms with van der Waals surface area (Å²) in [5, 5.41) is 3.26. The van der Waals surface area contributed by atoms with Crippen LogP contribution in [0.15, 0.2) is 18.2 Å². The van der Waals surface area contributed by atoms with E-state index < -0.39 is 10.0 Å². The number of amides is 1. The number of hydrogen-bond donors (Lipinski definition) is 1. The van der Waals surface area contributed by atoms with Crippen LogP contribution < -0.4 is 10.1 Å². The lowest BCUT2D eigenvalue weighted by Crippen LogP contribution is -2.43. The molecule has 0 bridgehead atoms. The summed E-state index contributed by atoms with van der Waals surface area (Å²) in [7, 11) is -1.77. The van der Waals surface area contributed by atoms with Crippen LogP contribution in [0.2, 0.25) is 5.02 Å². The van der Waals surface area contributed by atoms with E-state index in [9.17, 15) is 13.2 Å². The Morgan fingerprint density at radius 3 is 2.82 bits per heavy atom. The number of carbonyl (C=O) groups excluding carboxylic acids is 1. The molecular weight excluding hydrogens is 328 g/mol. The number of halogens is 1. The van der Waals surface area contributed by atoms with E-state index in [4.69, 9.17) is 16.3 Å². The number of piperidine rings is 1. The maximum Gasteiger partial charge on any atom is 0.228 e. The second-order valence-corrected chi connectivity index (χ2v) is 7.71. The Morgan fingerprint density at radius 2 is 2.18 bits per heavy atom. The van der Waals surface area contributed by atoms with Gasteiger partial charge in [-0.05, 0) is 31.0 Å². The number of methoxy groups -OCH3 is 1. The molecule has 1 aromatic rings. The molecule has 1 amide bonds. The van der Waals surface area contributed by atoms with Gasteiger partial charge in [-0.2, -0.15) is 0 Å². The molecule has 1 aliphatic heterocycles.